The van der Waals surface area contributed by atoms with Crippen LogP contribution in [0.15, 0.2) is 30.3 Å². The number of aromatic nitrogens is 3. The van der Waals surface area contributed by atoms with Gasteiger partial charge in [0.15, 0.2) is 15.5 Å². The molecule has 33 heavy (non-hydrogen) atoms. The lowest BCUT2D eigenvalue weighted by Gasteiger charge is -2.27. The van der Waals surface area contributed by atoms with Crippen LogP contribution < -0.4 is 4.74 Å². The molecule has 0 aliphatic carbocycles. The predicted octanol–water partition coefficient (Wildman–Crippen LogP) is 3.40. The minimum absolute atomic E-state index is 0.0204. The number of likely N-dealkylation sites (tertiary alicyclic amines) is 1. The minimum Gasteiger partial charge on any atom is -0.497 e. The number of carbonyl (C=O) groups excluding carboxylic acids is 1. The smallest absolute Gasteiger partial charge is 0.254 e. The summed E-state index contributed by atoms with van der Waals surface area (Å²) in [4.78, 5) is 20.5. The van der Waals surface area contributed by atoms with Gasteiger partial charge in [-0.2, -0.15) is 5.10 Å². The quantitative estimate of drug-likeness (QED) is 0.583. The molecule has 0 N–H and O–H groups in total. The average Bonchev–Trinajstić information content (AvgIpc) is 3.37. The molecule has 174 valence electrons. The Morgan fingerprint density at radius 1 is 1.15 bits per heavy atom. The summed E-state index contributed by atoms with van der Waals surface area (Å²) < 4.78 is 31.4. The topological polar surface area (TPSA) is 94.4 Å². The van der Waals surface area contributed by atoms with Crippen LogP contribution in [0.2, 0.25) is 0 Å². The molecule has 2 fully saturated rings. The van der Waals surface area contributed by atoms with Crippen molar-refractivity contribution < 1.29 is 17.9 Å². The molecule has 1 amide bonds. The van der Waals surface area contributed by atoms with Crippen molar-refractivity contribution >= 4 is 26.8 Å². The first-order chi connectivity index (χ1) is 15.9. The number of pyridine rings is 1. The maximum Gasteiger partial charge on any atom is 0.254 e. The number of hydrogen-bond acceptors (Lipinski definition) is 6. The van der Waals surface area contributed by atoms with Gasteiger partial charge in [-0.05, 0) is 50.8 Å². The van der Waals surface area contributed by atoms with Gasteiger partial charge >= 0.3 is 0 Å². The summed E-state index contributed by atoms with van der Waals surface area (Å²) in [6.07, 6.45) is 3.64. The van der Waals surface area contributed by atoms with Gasteiger partial charge in [-0.3, -0.25) is 4.79 Å². The summed E-state index contributed by atoms with van der Waals surface area (Å²) in [5, 5.41) is 5.40. The molecule has 2 aliphatic heterocycles. The molecule has 0 saturated carbocycles. The van der Waals surface area contributed by atoms with Gasteiger partial charge in [0.2, 0.25) is 0 Å². The number of hydrogen-bond donors (Lipinski definition) is 0. The summed E-state index contributed by atoms with van der Waals surface area (Å²) in [7, 11) is -1.49. The number of carbonyl (C=O) groups is 1. The van der Waals surface area contributed by atoms with E-state index in [0.717, 1.165) is 37.9 Å². The lowest BCUT2D eigenvalue weighted by Crippen LogP contribution is -2.35. The highest BCUT2D eigenvalue weighted by atomic mass is 32.2. The molecule has 2 aromatic heterocycles. The van der Waals surface area contributed by atoms with Gasteiger partial charge in [-0.25, -0.2) is 18.1 Å². The summed E-state index contributed by atoms with van der Waals surface area (Å²) in [5.74, 6) is 0.870. The Hall–Kier alpha value is -2.94. The van der Waals surface area contributed by atoms with Gasteiger partial charge in [0.25, 0.3) is 5.91 Å². The Balaban J connectivity index is 1.70. The normalized spacial score (nSPS) is 20.3. The number of rotatable bonds is 4. The molecule has 9 heteroatoms. The number of piperidine rings is 1. The van der Waals surface area contributed by atoms with Crippen LogP contribution in [0, 0.1) is 6.92 Å². The fourth-order valence-corrected chi connectivity index (χ4v) is 6.59. The third-order valence-corrected chi connectivity index (χ3v) is 8.38. The zero-order valence-electron chi connectivity index (χ0n) is 19.0. The van der Waals surface area contributed by atoms with Crippen LogP contribution in [0.25, 0.3) is 22.3 Å². The maximum atomic E-state index is 13.6. The second-order valence-corrected chi connectivity index (χ2v) is 11.2. The van der Waals surface area contributed by atoms with Crippen molar-refractivity contribution in [1.82, 2.24) is 19.7 Å². The zero-order chi connectivity index (χ0) is 23.2. The van der Waals surface area contributed by atoms with E-state index in [1.807, 2.05) is 42.2 Å². The minimum atomic E-state index is -3.10. The Morgan fingerprint density at radius 3 is 2.64 bits per heavy atom. The summed E-state index contributed by atoms with van der Waals surface area (Å²) in [6, 6.07) is 9.13. The number of sulfone groups is 1. The standard InChI is InChI=1S/C24H28N4O4S/c1-16-22-20(24(29)27-10-4-3-5-11-27)14-21(17-7-6-8-19(13-17)32-2)25-23(22)28(26-16)18-9-12-33(30,31)15-18/h6-8,13-14,18H,3-5,9-12,15H2,1-2H3. The van der Waals surface area contributed by atoms with Crippen LogP contribution in [0.5, 0.6) is 5.75 Å². The van der Waals surface area contributed by atoms with Gasteiger partial charge < -0.3 is 9.64 Å². The Labute approximate surface area is 193 Å². The fraction of sp³-hybridized carbons (Fsp3) is 0.458. The van der Waals surface area contributed by atoms with Crippen LogP contribution >= 0.6 is 0 Å². The number of amides is 1. The van der Waals surface area contributed by atoms with Crippen molar-refractivity contribution in [3.63, 3.8) is 0 Å². The van der Waals surface area contributed by atoms with E-state index in [4.69, 9.17) is 9.72 Å². The second-order valence-electron chi connectivity index (χ2n) is 8.93. The van der Waals surface area contributed by atoms with Crippen LogP contribution in [-0.2, 0) is 9.84 Å². The lowest BCUT2D eigenvalue weighted by molar-refractivity contribution is 0.0726. The Morgan fingerprint density at radius 2 is 1.94 bits per heavy atom. The van der Waals surface area contributed by atoms with Crippen molar-refractivity contribution in [2.24, 2.45) is 0 Å². The number of benzene rings is 1. The molecule has 1 aromatic carbocycles. The number of methoxy groups -OCH3 is 1. The van der Waals surface area contributed by atoms with Crippen molar-refractivity contribution in [2.45, 2.75) is 38.6 Å². The van der Waals surface area contributed by atoms with E-state index >= 15 is 0 Å². The van der Waals surface area contributed by atoms with E-state index < -0.39 is 9.84 Å². The van der Waals surface area contributed by atoms with Gasteiger partial charge in [0.05, 0.1) is 47.0 Å². The van der Waals surface area contributed by atoms with Gasteiger partial charge in [0, 0.05) is 18.7 Å². The molecule has 2 aliphatic rings. The lowest BCUT2D eigenvalue weighted by atomic mass is 10.0. The average molecular weight is 469 g/mol. The third kappa shape index (κ3) is 4.10. The van der Waals surface area contributed by atoms with Crippen molar-refractivity contribution in [1.29, 1.82) is 0 Å². The number of nitrogens with zero attached hydrogens (tertiary/aromatic N) is 4. The van der Waals surface area contributed by atoms with Crippen LogP contribution in [-0.4, -0.2) is 65.7 Å². The van der Waals surface area contributed by atoms with E-state index in [-0.39, 0.29) is 23.5 Å². The first-order valence-corrected chi connectivity index (χ1v) is 13.2. The fourth-order valence-electron chi connectivity index (χ4n) is 4.90. The third-order valence-electron chi connectivity index (χ3n) is 6.63. The molecule has 1 unspecified atom stereocenters. The monoisotopic (exact) mass is 468 g/mol. The van der Waals surface area contributed by atoms with E-state index in [1.165, 1.54) is 0 Å². The summed E-state index contributed by atoms with van der Waals surface area (Å²) in [6.45, 7) is 3.35. The Bertz CT molecular complexity index is 1330. The first kappa shape index (κ1) is 21.9. The van der Waals surface area contributed by atoms with Crippen LogP contribution in [0.3, 0.4) is 0 Å². The molecule has 2 saturated heterocycles. The SMILES string of the molecule is COc1cccc(-c2cc(C(=O)N3CCCCC3)c3c(C)nn(C4CCS(=O)(=O)C4)c3n2)c1. The molecule has 0 spiro atoms. The molecule has 8 nitrogen and oxygen atoms in total. The Kier molecular flexibility index (Phi) is 5.60. The van der Waals surface area contributed by atoms with E-state index in [9.17, 15) is 13.2 Å². The maximum absolute atomic E-state index is 13.6. The van der Waals surface area contributed by atoms with Crippen molar-refractivity contribution in [3.05, 3.63) is 41.6 Å². The second kappa shape index (κ2) is 8.44. The molecular formula is C24H28N4O4S. The molecule has 1 atom stereocenters. The van der Waals surface area contributed by atoms with Gasteiger partial charge in [0.1, 0.15) is 5.75 Å². The van der Waals surface area contributed by atoms with Crippen molar-refractivity contribution in [2.75, 3.05) is 31.7 Å². The van der Waals surface area contributed by atoms with Crippen LogP contribution in [0.1, 0.15) is 47.8 Å². The molecule has 4 heterocycles. The van der Waals surface area contributed by atoms with Gasteiger partial charge in [-0.15, -0.1) is 0 Å². The predicted molar refractivity (Wildman–Crippen MR) is 126 cm³/mol. The molecular weight excluding hydrogens is 440 g/mol. The van der Waals surface area contributed by atoms with E-state index in [0.29, 0.717) is 40.2 Å². The molecule has 3 aromatic rings. The van der Waals surface area contributed by atoms with Crippen LogP contribution in [0.4, 0.5) is 0 Å². The number of fused-ring (bicyclic) bond motifs is 1. The number of ether oxygens (including phenoxy) is 1. The zero-order valence-corrected chi connectivity index (χ0v) is 19.8. The number of aryl methyl sites for hydroxylation is 1. The first-order valence-electron chi connectivity index (χ1n) is 11.4. The molecule has 0 bridgehead atoms. The summed E-state index contributed by atoms with van der Waals surface area (Å²) in [5.41, 5.74) is 3.30. The molecule has 0 radical (unpaired) electrons. The highest BCUT2D eigenvalue weighted by Crippen LogP contribution is 2.33. The molecule has 5 rings (SSSR count). The highest BCUT2D eigenvalue weighted by Gasteiger charge is 2.33. The summed E-state index contributed by atoms with van der Waals surface area (Å²) >= 11 is 0. The van der Waals surface area contributed by atoms with Gasteiger partial charge in [-0.1, -0.05) is 12.1 Å². The highest BCUT2D eigenvalue weighted by molar-refractivity contribution is 7.91. The van der Waals surface area contributed by atoms with Crippen molar-refractivity contribution in [3.8, 4) is 17.0 Å². The largest absolute Gasteiger partial charge is 0.497 e. The van der Waals surface area contributed by atoms with E-state index in [1.54, 1.807) is 11.8 Å². The van der Waals surface area contributed by atoms with E-state index in [2.05, 4.69) is 5.10 Å².